The van der Waals surface area contributed by atoms with Crippen molar-refractivity contribution in [2.24, 2.45) is 17.0 Å². The van der Waals surface area contributed by atoms with Gasteiger partial charge in [-0.2, -0.15) is 0 Å². The molecule has 2 N–H and O–H groups in total. The van der Waals surface area contributed by atoms with Gasteiger partial charge in [-0.1, -0.05) is 12.1 Å². The van der Waals surface area contributed by atoms with E-state index in [0.29, 0.717) is 43.9 Å². The number of anilines is 1. The Morgan fingerprint density at radius 1 is 1.11 bits per heavy atom. The molecule has 2 fully saturated rings. The molecule has 4 rings (SSSR count). The summed E-state index contributed by atoms with van der Waals surface area (Å²) >= 11 is 1.25. The number of rotatable bonds is 7. The van der Waals surface area contributed by atoms with Crippen LogP contribution >= 0.6 is 11.3 Å². The zero-order valence-corrected chi connectivity index (χ0v) is 21.7. The van der Waals surface area contributed by atoms with Crippen LogP contribution in [0.5, 0.6) is 0 Å². The molecule has 35 heavy (non-hydrogen) atoms. The van der Waals surface area contributed by atoms with Gasteiger partial charge in [-0.05, 0) is 101 Å². The Hall–Kier alpha value is -2.19. The largest absolute Gasteiger partial charge is 0.477 e. The summed E-state index contributed by atoms with van der Waals surface area (Å²) in [4.78, 5) is 34.5. The molecule has 0 spiro atoms. The predicted molar refractivity (Wildman–Crippen MR) is 139 cm³/mol. The fourth-order valence-corrected chi connectivity index (χ4v) is 6.64. The molecule has 1 amide bonds. The van der Waals surface area contributed by atoms with Crippen molar-refractivity contribution in [3.63, 3.8) is 0 Å². The fraction of sp³-hybridized carbons (Fsp3) is 0.667. The molecule has 0 aromatic carbocycles. The van der Waals surface area contributed by atoms with E-state index < -0.39 is 5.97 Å². The van der Waals surface area contributed by atoms with Gasteiger partial charge in [0, 0.05) is 16.8 Å². The summed E-state index contributed by atoms with van der Waals surface area (Å²) in [6.45, 7) is 4.63. The van der Waals surface area contributed by atoms with Crippen molar-refractivity contribution in [1.82, 2.24) is 0 Å². The Morgan fingerprint density at radius 2 is 1.83 bits per heavy atom. The van der Waals surface area contributed by atoms with Crippen molar-refractivity contribution in [2.45, 2.75) is 96.6 Å². The smallest absolute Gasteiger partial charge is 0.348 e. The zero-order chi connectivity index (χ0) is 24.9. The summed E-state index contributed by atoms with van der Waals surface area (Å²) in [5.74, 6) is -0.379. The molecule has 7 nitrogen and oxygen atoms in total. The lowest BCUT2D eigenvalue weighted by Gasteiger charge is -2.38. The number of aromatic carboxylic acids is 1. The summed E-state index contributed by atoms with van der Waals surface area (Å²) in [6.07, 6.45) is 10.7. The monoisotopic (exact) mass is 502 g/mol. The molecule has 1 aromatic heterocycles. The van der Waals surface area contributed by atoms with Crippen molar-refractivity contribution < 1.29 is 24.6 Å². The first-order valence-corrected chi connectivity index (χ1v) is 14.0. The molecule has 0 aliphatic heterocycles. The minimum atomic E-state index is -0.998. The summed E-state index contributed by atoms with van der Waals surface area (Å²) in [7, 11) is 0. The molecule has 0 bridgehead atoms. The second-order valence-corrected chi connectivity index (χ2v) is 11.3. The quantitative estimate of drug-likeness (QED) is 0.454. The molecule has 2 saturated carbocycles. The van der Waals surface area contributed by atoms with Crippen molar-refractivity contribution in [1.29, 1.82) is 0 Å². The van der Waals surface area contributed by atoms with Crippen LogP contribution < -0.4 is 4.90 Å². The maximum atomic E-state index is 13.9. The predicted octanol–water partition coefficient (Wildman–Crippen LogP) is 5.87. The van der Waals surface area contributed by atoms with Crippen LogP contribution in [0, 0.1) is 11.8 Å². The lowest BCUT2D eigenvalue weighted by molar-refractivity contribution is -0.124. The van der Waals surface area contributed by atoms with Gasteiger partial charge in [0.2, 0.25) is 5.91 Å². The van der Waals surface area contributed by atoms with E-state index >= 15 is 0 Å². The average molecular weight is 503 g/mol. The van der Waals surface area contributed by atoms with Gasteiger partial charge in [0.25, 0.3) is 0 Å². The van der Waals surface area contributed by atoms with Crippen LogP contribution in [0.25, 0.3) is 5.57 Å². The number of nitrogens with zero attached hydrogens (tertiary/aromatic N) is 2. The number of aliphatic hydroxyl groups is 1. The van der Waals surface area contributed by atoms with Gasteiger partial charge >= 0.3 is 5.97 Å². The van der Waals surface area contributed by atoms with Gasteiger partial charge < -0.3 is 20.0 Å². The highest BCUT2D eigenvalue weighted by Gasteiger charge is 2.37. The van der Waals surface area contributed by atoms with Crippen LogP contribution in [0.2, 0.25) is 0 Å². The number of carbonyl (C=O) groups is 2. The van der Waals surface area contributed by atoms with Crippen LogP contribution in [0.1, 0.15) is 99.0 Å². The Morgan fingerprint density at radius 3 is 2.49 bits per heavy atom. The van der Waals surface area contributed by atoms with Gasteiger partial charge in [-0.25, -0.2) is 4.79 Å². The summed E-state index contributed by atoms with van der Waals surface area (Å²) in [5, 5.41) is 24.4. The van der Waals surface area contributed by atoms with E-state index in [1.807, 2.05) is 24.0 Å². The van der Waals surface area contributed by atoms with Crippen LogP contribution in [-0.2, 0) is 9.63 Å². The third-order valence-electron chi connectivity index (χ3n) is 7.65. The van der Waals surface area contributed by atoms with E-state index in [-0.39, 0.29) is 28.8 Å². The fourth-order valence-electron chi connectivity index (χ4n) is 5.61. The number of carbonyl (C=O) groups excluding carboxylic acids is 1. The number of aliphatic hydroxyl groups excluding tert-OH is 1. The molecular weight excluding hydrogens is 464 g/mol. The molecule has 0 unspecified atom stereocenters. The number of carboxylic acid groups (broad SMARTS) is 1. The van der Waals surface area contributed by atoms with Gasteiger partial charge in [-0.3, -0.25) is 4.79 Å². The number of amides is 1. The normalized spacial score (nSPS) is 28.4. The minimum absolute atomic E-state index is 0.0568. The first-order chi connectivity index (χ1) is 16.9. The van der Waals surface area contributed by atoms with E-state index in [1.165, 1.54) is 11.3 Å². The molecule has 3 aliphatic carbocycles. The molecule has 8 heteroatoms. The average Bonchev–Trinajstić information content (AvgIpc) is 3.30. The van der Waals surface area contributed by atoms with E-state index in [4.69, 9.17) is 4.84 Å². The van der Waals surface area contributed by atoms with Crippen molar-refractivity contribution in [3.05, 3.63) is 21.9 Å². The molecule has 0 radical (unpaired) electrons. The van der Waals surface area contributed by atoms with Crippen molar-refractivity contribution in [3.8, 4) is 0 Å². The number of oxime groups is 1. The minimum Gasteiger partial charge on any atom is -0.477 e. The number of hydrogen-bond donors (Lipinski definition) is 2. The van der Waals surface area contributed by atoms with Gasteiger partial charge in [0.15, 0.2) is 0 Å². The number of hydrogen-bond acceptors (Lipinski definition) is 6. The number of thiophene rings is 1. The highest BCUT2D eigenvalue weighted by Crippen LogP contribution is 2.42. The lowest BCUT2D eigenvalue weighted by atomic mass is 9.81. The third kappa shape index (κ3) is 6.15. The molecule has 3 aliphatic rings. The lowest BCUT2D eigenvalue weighted by Crippen LogP contribution is -2.47. The van der Waals surface area contributed by atoms with E-state index in [2.05, 4.69) is 12.1 Å². The zero-order valence-electron chi connectivity index (χ0n) is 20.9. The highest BCUT2D eigenvalue weighted by atomic mass is 32.1. The van der Waals surface area contributed by atoms with Crippen molar-refractivity contribution >= 4 is 40.2 Å². The summed E-state index contributed by atoms with van der Waals surface area (Å²) in [5.41, 5.74) is 2.44. The van der Waals surface area contributed by atoms with Crippen LogP contribution in [0.3, 0.4) is 0 Å². The second-order valence-electron chi connectivity index (χ2n) is 10.3. The third-order valence-corrected chi connectivity index (χ3v) is 8.84. The van der Waals surface area contributed by atoms with Crippen LogP contribution in [0.4, 0.5) is 5.69 Å². The van der Waals surface area contributed by atoms with Crippen molar-refractivity contribution in [2.75, 3.05) is 11.5 Å². The Labute approximate surface area is 211 Å². The SMILES string of the molecule is CCO/N=C1\C=C(c2cc(N(C(=O)C3CCC(C)CC3)C3CCC(O)CC3)c(C(=O)O)s2)CCC1. The molecule has 0 atom stereocenters. The summed E-state index contributed by atoms with van der Waals surface area (Å²) < 4.78 is 0. The molecule has 0 saturated heterocycles. The second kappa shape index (κ2) is 11.7. The Balaban J connectivity index is 1.70. The van der Waals surface area contributed by atoms with Gasteiger partial charge in [0.05, 0.1) is 17.5 Å². The Kier molecular flexibility index (Phi) is 8.65. The molecule has 192 valence electrons. The molecule has 1 heterocycles. The van der Waals surface area contributed by atoms with Crippen LogP contribution in [0.15, 0.2) is 17.3 Å². The molecule has 1 aromatic rings. The summed E-state index contributed by atoms with van der Waals surface area (Å²) in [6, 6.07) is 1.83. The van der Waals surface area contributed by atoms with E-state index in [0.717, 1.165) is 61.1 Å². The topological polar surface area (TPSA) is 99.4 Å². The first kappa shape index (κ1) is 25.9. The highest BCUT2D eigenvalue weighted by molar-refractivity contribution is 7.15. The number of allylic oxidation sites excluding steroid dienone is 2. The maximum absolute atomic E-state index is 13.9. The Bertz CT molecular complexity index is 968. The van der Waals surface area contributed by atoms with E-state index in [9.17, 15) is 19.8 Å². The van der Waals surface area contributed by atoms with E-state index in [1.54, 1.807) is 0 Å². The first-order valence-electron chi connectivity index (χ1n) is 13.1. The van der Waals surface area contributed by atoms with Gasteiger partial charge in [0.1, 0.15) is 11.5 Å². The standard InChI is InChI=1S/C27H38N2O5S/c1-3-34-28-20-6-4-5-19(15-20)24-16-23(25(35-24)27(32)33)29(21-11-13-22(30)14-12-21)26(31)18-9-7-17(2)8-10-18/h15-18,21-22,30H,3-14H2,1-2H3,(H,32,33)/b28-20-. The maximum Gasteiger partial charge on any atom is 0.348 e. The molecular formula is C27H38N2O5S. The number of carboxylic acids is 1. The van der Waals surface area contributed by atoms with Gasteiger partial charge in [-0.15, -0.1) is 11.3 Å². The van der Waals surface area contributed by atoms with Crippen LogP contribution in [-0.4, -0.2) is 46.6 Å².